The first-order chi connectivity index (χ1) is 10.2. The first kappa shape index (κ1) is 15.9. The van der Waals surface area contributed by atoms with Crippen LogP contribution in [0, 0.1) is 0 Å². The van der Waals surface area contributed by atoms with Crippen LogP contribution in [0.1, 0.15) is 36.6 Å². The molecular formula is C16H25N3O2. The van der Waals surface area contributed by atoms with Gasteiger partial charge >= 0.3 is 0 Å². The van der Waals surface area contributed by atoms with Gasteiger partial charge in [-0.1, -0.05) is 6.07 Å². The number of β-amino-alcohol motifs (C(OH)–C–C–N with tert-alkyl or cyclic N) is 1. The number of nitrogens with one attached hydrogen (secondary N) is 1. The molecule has 1 aliphatic heterocycles. The molecule has 0 radical (unpaired) electrons. The smallest absolute Gasteiger partial charge is 0.220 e. The summed E-state index contributed by atoms with van der Waals surface area (Å²) in [6.07, 6.45) is 3.46. The lowest BCUT2D eigenvalue weighted by Crippen LogP contribution is -2.36. The highest BCUT2D eigenvalue weighted by atomic mass is 16.3. The van der Waals surface area contributed by atoms with Crippen LogP contribution in [0.4, 0.5) is 0 Å². The Bertz CT molecular complexity index is 463. The largest absolute Gasteiger partial charge is 0.395 e. The Morgan fingerprint density at radius 3 is 3.14 bits per heavy atom. The maximum Gasteiger partial charge on any atom is 0.220 e. The van der Waals surface area contributed by atoms with Gasteiger partial charge in [0.15, 0.2) is 0 Å². The lowest BCUT2D eigenvalue weighted by Gasteiger charge is -2.32. The fourth-order valence-corrected chi connectivity index (χ4v) is 2.87. The van der Waals surface area contributed by atoms with Crippen molar-refractivity contribution in [1.29, 1.82) is 0 Å². The molecule has 1 atom stereocenters. The third-order valence-electron chi connectivity index (χ3n) is 4.06. The number of nitrogens with zero attached hydrogens (tertiary/aromatic N) is 2. The molecular weight excluding hydrogens is 266 g/mol. The van der Waals surface area contributed by atoms with Crippen LogP contribution < -0.4 is 5.32 Å². The lowest BCUT2D eigenvalue weighted by molar-refractivity contribution is -0.120. The Morgan fingerprint density at radius 2 is 2.38 bits per heavy atom. The van der Waals surface area contributed by atoms with Crippen LogP contribution in [0.25, 0.3) is 0 Å². The van der Waals surface area contributed by atoms with Crippen LogP contribution in [-0.4, -0.2) is 54.2 Å². The fraction of sp³-hybridized carbons (Fsp3) is 0.625. The van der Waals surface area contributed by atoms with E-state index >= 15 is 0 Å². The van der Waals surface area contributed by atoms with Crippen molar-refractivity contribution in [1.82, 2.24) is 15.2 Å². The highest BCUT2D eigenvalue weighted by Crippen LogP contribution is 2.25. The van der Waals surface area contributed by atoms with Crippen molar-refractivity contribution in [2.75, 3.05) is 33.3 Å². The topological polar surface area (TPSA) is 65.5 Å². The summed E-state index contributed by atoms with van der Waals surface area (Å²) in [6, 6.07) is 6.10. The molecule has 1 amide bonds. The van der Waals surface area contributed by atoms with Gasteiger partial charge < -0.3 is 15.3 Å². The van der Waals surface area contributed by atoms with E-state index in [0.717, 1.165) is 43.9 Å². The molecule has 116 valence electrons. The Balaban J connectivity index is 1.97. The molecule has 2 rings (SSSR count). The van der Waals surface area contributed by atoms with Crippen LogP contribution in [0.3, 0.4) is 0 Å². The normalized spacial score (nSPS) is 19.4. The molecule has 0 saturated carbocycles. The Labute approximate surface area is 126 Å². The Morgan fingerprint density at radius 1 is 1.52 bits per heavy atom. The second kappa shape index (κ2) is 8.10. The van der Waals surface area contributed by atoms with Gasteiger partial charge in [0.2, 0.25) is 5.91 Å². The van der Waals surface area contributed by atoms with Crippen LogP contribution in [0.15, 0.2) is 18.2 Å². The summed E-state index contributed by atoms with van der Waals surface area (Å²) in [5.41, 5.74) is 2.10. The average Bonchev–Trinajstić information content (AvgIpc) is 2.53. The van der Waals surface area contributed by atoms with Crippen molar-refractivity contribution in [3.05, 3.63) is 29.6 Å². The summed E-state index contributed by atoms with van der Waals surface area (Å²) in [7, 11) is 1.66. The molecule has 0 aliphatic carbocycles. The maximum atomic E-state index is 11.3. The van der Waals surface area contributed by atoms with Crippen LogP contribution >= 0.6 is 0 Å². The van der Waals surface area contributed by atoms with Crippen molar-refractivity contribution in [3.8, 4) is 0 Å². The number of hydrogen-bond acceptors (Lipinski definition) is 4. The number of carbonyl (C=O) groups is 1. The molecule has 5 heteroatoms. The number of aryl methyl sites for hydroxylation is 1. The molecule has 0 aromatic carbocycles. The number of aliphatic hydroxyl groups excluding tert-OH is 1. The lowest BCUT2D eigenvalue weighted by atomic mass is 9.94. The number of piperidine rings is 1. The summed E-state index contributed by atoms with van der Waals surface area (Å²) < 4.78 is 0. The van der Waals surface area contributed by atoms with Crippen molar-refractivity contribution in [2.24, 2.45) is 0 Å². The quantitative estimate of drug-likeness (QED) is 0.818. The van der Waals surface area contributed by atoms with Gasteiger partial charge in [0.25, 0.3) is 0 Å². The number of aromatic nitrogens is 1. The fourth-order valence-electron chi connectivity index (χ4n) is 2.87. The summed E-state index contributed by atoms with van der Waals surface area (Å²) in [6.45, 7) is 2.99. The van der Waals surface area contributed by atoms with E-state index in [1.165, 1.54) is 0 Å². The molecule has 1 aromatic rings. The van der Waals surface area contributed by atoms with Crippen LogP contribution in [-0.2, 0) is 11.2 Å². The number of pyridine rings is 1. The van der Waals surface area contributed by atoms with E-state index in [2.05, 4.69) is 16.3 Å². The summed E-state index contributed by atoms with van der Waals surface area (Å²) >= 11 is 0. The van der Waals surface area contributed by atoms with E-state index in [1.807, 2.05) is 12.1 Å². The monoisotopic (exact) mass is 291 g/mol. The van der Waals surface area contributed by atoms with E-state index in [0.29, 0.717) is 18.8 Å². The zero-order valence-electron chi connectivity index (χ0n) is 12.7. The zero-order chi connectivity index (χ0) is 15.1. The molecule has 1 aromatic heterocycles. The summed E-state index contributed by atoms with van der Waals surface area (Å²) in [5, 5.41) is 11.7. The SMILES string of the molecule is CNC(=O)CCc1cccc([C@H]2CCCN(CCO)C2)n1. The first-order valence-electron chi connectivity index (χ1n) is 7.72. The average molecular weight is 291 g/mol. The molecule has 0 bridgehead atoms. The van der Waals surface area contributed by atoms with Crippen molar-refractivity contribution in [2.45, 2.75) is 31.6 Å². The molecule has 2 N–H and O–H groups in total. The third kappa shape index (κ3) is 4.79. The van der Waals surface area contributed by atoms with Gasteiger partial charge in [-0.25, -0.2) is 0 Å². The minimum Gasteiger partial charge on any atom is -0.395 e. The first-order valence-corrected chi connectivity index (χ1v) is 7.72. The summed E-state index contributed by atoms with van der Waals surface area (Å²) in [5.74, 6) is 0.485. The van der Waals surface area contributed by atoms with Crippen molar-refractivity contribution in [3.63, 3.8) is 0 Å². The van der Waals surface area contributed by atoms with Gasteiger partial charge in [-0.2, -0.15) is 0 Å². The number of aliphatic hydroxyl groups is 1. The maximum absolute atomic E-state index is 11.3. The second-order valence-electron chi connectivity index (χ2n) is 5.59. The van der Waals surface area contributed by atoms with E-state index < -0.39 is 0 Å². The van der Waals surface area contributed by atoms with E-state index in [-0.39, 0.29) is 12.5 Å². The van der Waals surface area contributed by atoms with Gasteiger partial charge in [0.1, 0.15) is 0 Å². The molecule has 0 unspecified atom stereocenters. The molecule has 21 heavy (non-hydrogen) atoms. The number of hydrogen-bond donors (Lipinski definition) is 2. The zero-order valence-corrected chi connectivity index (χ0v) is 12.7. The van der Waals surface area contributed by atoms with E-state index in [1.54, 1.807) is 7.05 Å². The molecule has 1 fully saturated rings. The Hall–Kier alpha value is -1.46. The van der Waals surface area contributed by atoms with Crippen LogP contribution in [0.2, 0.25) is 0 Å². The van der Waals surface area contributed by atoms with Gasteiger partial charge in [-0.3, -0.25) is 9.78 Å². The molecule has 0 spiro atoms. The van der Waals surface area contributed by atoms with Gasteiger partial charge in [0, 0.05) is 43.9 Å². The van der Waals surface area contributed by atoms with Crippen molar-refractivity contribution < 1.29 is 9.90 Å². The van der Waals surface area contributed by atoms with E-state index in [9.17, 15) is 4.79 Å². The molecule has 5 nitrogen and oxygen atoms in total. The molecule has 1 saturated heterocycles. The van der Waals surface area contributed by atoms with Gasteiger partial charge in [0.05, 0.1) is 6.61 Å². The summed E-state index contributed by atoms with van der Waals surface area (Å²) in [4.78, 5) is 18.3. The predicted molar refractivity (Wildman–Crippen MR) is 82.1 cm³/mol. The number of likely N-dealkylation sites (tertiary alicyclic amines) is 1. The molecule has 1 aliphatic rings. The Kier molecular flexibility index (Phi) is 6.14. The highest BCUT2D eigenvalue weighted by molar-refractivity contribution is 5.75. The number of carbonyl (C=O) groups excluding carboxylic acids is 1. The highest BCUT2D eigenvalue weighted by Gasteiger charge is 2.22. The third-order valence-corrected chi connectivity index (χ3v) is 4.06. The van der Waals surface area contributed by atoms with Crippen molar-refractivity contribution >= 4 is 5.91 Å². The van der Waals surface area contributed by atoms with Gasteiger partial charge in [-0.15, -0.1) is 0 Å². The second-order valence-corrected chi connectivity index (χ2v) is 5.59. The van der Waals surface area contributed by atoms with E-state index in [4.69, 9.17) is 10.1 Å². The van der Waals surface area contributed by atoms with Gasteiger partial charge in [-0.05, 0) is 37.9 Å². The van der Waals surface area contributed by atoms with Crippen LogP contribution in [0.5, 0.6) is 0 Å². The minimum absolute atomic E-state index is 0.0500. The number of rotatable bonds is 6. The molecule has 2 heterocycles. The predicted octanol–water partition coefficient (Wildman–Crippen LogP) is 0.932. The minimum atomic E-state index is 0.0500. The number of amides is 1. The standard InChI is InChI=1S/C16H25N3O2/c1-17-16(21)8-7-14-5-2-6-15(18-14)13-4-3-9-19(12-13)10-11-20/h2,5-6,13,20H,3-4,7-12H2,1H3,(H,17,21)/t13-/m0/s1.